The van der Waals surface area contributed by atoms with Crippen LogP contribution in [0.15, 0.2) is 34.7 Å². The van der Waals surface area contributed by atoms with Crippen LogP contribution in [0.3, 0.4) is 0 Å². The summed E-state index contributed by atoms with van der Waals surface area (Å²) in [5, 5.41) is 11.5. The lowest BCUT2D eigenvalue weighted by Gasteiger charge is -2.33. The Balaban J connectivity index is 1.49. The number of aromatic amines is 1. The smallest absolute Gasteiger partial charge is 0.254 e. The molecule has 0 aliphatic carbocycles. The Morgan fingerprint density at radius 2 is 2.08 bits per heavy atom. The third kappa shape index (κ3) is 4.16. The monoisotopic (exact) mass is 527 g/mol. The molecule has 1 atom stereocenters. The highest BCUT2D eigenvalue weighted by atomic mass is 32.2. The van der Waals surface area contributed by atoms with Gasteiger partial charge in [-0.25, -0.2) is 18.4 Å². The highest BCUT2D eigenvalue weighted by Crippen LogP contribution is 2.38. The predicted octanol–water partition coefficient (Wildman–Crippen LogP) is 3.18. The minimum atomic E-state index is -3.70. The molecule has 1 aromatic carbocycles. The van der Waals surface area contributed by atoms with Crippen molar-refractivity contribution in [3.63, 3.8) is 0 Å². The van der Waals surface area contributed by atoms with E-state index in [0.29, 0.717) is 48.4 Å². The van der Waals surface area contributed by atoms with E-state index in [1.54, 1.807) is 16.6 Å². The maximum atomic E-state index is 13.8. The molecule has 0 bridgehead atoms. The van der Waals surface area contributed by atoms with Gasteiger partial charge in [0, 0.05) is 30.6 Å². The minimum absolute atomic E-state index is 0.182. The van der Waals surface area contributed by atoms with E-state index in [-0.39, 0.29) is 6.17 Å². The molecule has 6 rings (SSSR count). The molecule has 4 aromatic rings. The molecule has 0 saturated carbocycles. The van der Waals surface area contributed by atoms with Crippen molar-refractivity contribution in [2.75, 3.05) is 44.3 Å². The molecule has 2 aliphatic rings. The summed E-state index contributed by atoms with van der Waals surface area (Å²) in [6, 6.07) is 7.59. The molecular weight excluding hydrogens is 498 g/mol. The van der Waals surface area contributed by atoms with Crippen LogP contribution in [0.5, 0.6) is 0 Å². The number of sulfonamides is 1. The normalized spacial score (nSPS) is 19.5. The molecule has 0 amide bonds. The van der Waals surface area contributed by atoms with Gasteiger partial charge in [0.15, 0.2) is 11.6 Å². The van der Waals surface area contributed by atoms with Gasteiger partial charge in [-0.3, -0.25) is 5.10 Å². The van der Waals surface area contributed by atoms with Crippen molar-refractivity contribution in [3.05, 3.63) is 30.5 Å². The standard InChI is InChI=1S/C24H29N7O3S2/c1-2-31(20-8-3-4-9-25-20)36(32,33)21-14-19-22(35-21)24(30-10-12-34-13-11-30)28-23(27-19)16-6-5-7-18-17(16)15-26-29-18/h5-7,14-15,20,25H,2-4,8-13H2,1H3,(H,26,29). The fourth-order valence-electron chi connectivity index (χ4n) is 5.05. The number of fused-ring (bicyclic) bond motifs is 2. The van der Waals surface area contributed by atoms with Gasteiger partial charge < -0.3 is 15.0 Å². The average Bonchev–Trinajstić information content (AvgIpc) is 3.57. The minimum Gasteiger partial charge on any atom is -0.378 e. The fraction of sp³-hybridized carbons (Fsp3) is 0.458. The molecule has 5 heterocycles. The third-order valence-corrected chi connectivity index (χ3v) is 10.4. The van der Waals surface area contributed by atoms with Crippen LogP contribution >= 0.6 is 11.3 Å². The first kappa shape index (κ1) is 23.7. The van der Waals surface area contributed by atoms with Gasteiger partial charge >= 0.3 is 0 Å². The number of hydrogen-bond acceptors (Lipinski definition) is 9. The zero-order valence-corrected chi connectivity index (χ0v) is 21.7. The Kier molecular flexibility index (Phi) is 6.38. The molecule has 10 nitrogen and oxygen atoms in total. The number of piperidine rings is 1. The van der Waals surface area contributed by atoms with Gasteiger partial charge in [-0.05, 0) is 37.9 Å². The van der Waals surface area contributed by atoms with Crippen molar-refractivity contribution in [2.45, 2.75) is 36.6 Å². The second-order valence-corrected chi connectivity index (χ2v) is 12.2. The van der Waals surface area contributed by atoms with Crippen LogP contribution in [0.1, 0.15) is 26.2 Å². The second-order valence-electron chi connectivity index (χ2n) is 9.06. The summed E-state index contributed by atoms with van der Waals surface area (Å²) in [6.45, 7) is 5.72. The van der Waals surface area contributed by atoms with Crippen LogP contribution in [0.25, 0.3) is 32.5 Å². The largest absolute Gasteiger partial charge is 0.378 e. The summed E-state index contributed by atoms with van der Waals surface area (Å²) in [5.41, 5.74) is 2.39. The van der Waals surface area contributed by atoms with E-state index in [1.807, 2.05) is 25.1 Å². The quantitative estimate of drug-likeness (QED) is 0.393. The first-order valence-electron chi connectivity index (χ1n) is 12.4. The molecular formula is C24H29N7O3S2. The number of nitrogens with one attached hydrogen (secondary N) is 2. The van der Waals surface area contributed by atoms with Crippen molar-refractivity contribution >= 4 is 48.3 Å². The zero-order valence-electron chi connectivity index (χ0n) is 20.1. The zero-order chi connectivity index (χ0) is 24.7. The molecule has 2 fully saturated rings. The summed E-state index contributed by atoms with van der Waals surface area (Å²) in [4.78, 5) is 12.0. The molecule has 12 heteroatoms. The van der Waals surface area contributed by atoms with Gasteiger partial charge in [0.2, 0.25) is 0 Å². The molecule has 190 valence electrons. The molecule has 0 spiro atoms. The number of thiophene rings is 1. The number of nitrogens with zero attached hydrogens (tertiary/aromatic N) is 5. The van der Waals surface area contributed by atoms with Crippen molar-refractivity contribution < 1.29 is 13.2 Å². The Bertz CT molecular complexity index is 1490. The van der Waals surface area contributed by atoms with Gasteiger partial charge in [-0.2, -0.15) is 9.40 Å². The predicted molar refractivity (Wildman–Crippen MR) is 141 cm³/mol. The maximum Gasteiger partial charge on any atom is 0.254 e. The van der Waals surface area contributed by atoms with Gasteiger partial charge in [0.25, 0.3) is 10.0 Å². The SMILES string of the molecule is CCN(C1CCCCN1)S(=O)(=O)c1cc2nc(-c3cccc4[nH]ncc34)nc(N3CCOCC3)c2s1. The Hall–Kier alpha value is -2.64. The van der Waals surface area contributed by atoms with E-state index < -0.39 is 10.0 Å². The van der Waals surface area contributed by atoms with E-state index >= 15 is 0 Å². The fourth-order valence-corrected chi connectivity index (χ4v) is 8.20. The number of hydrogen-bond donors (Lipinski definition) is 2. The van der Waals surface area contributed by atoms with Crippen LogP contribution in [0.4, 0.5) is 5.82 Å². The Morgan fingerprint density at radius 1 is 1.22 bits per heavy atom. The van der Waals surface area contributed by atoms with Gasteiger partial charge in [-0.15, -0.1) is 11.3 Å². The van der Waals surface area contributed by atoms with E-state index in [2.05, 4.69) is 20.4 Å². The van der Waals surface area contributed by atoms with E-state index in [4.69, 9.17) is 14.7 Å². The summed E-state index contributed by atoms with van der Waals surface area (Å²) < 4.78 is 35.9. The van der Waals surface area contributed by atoms with Crippen LogP contribution in [0.2, 0.25) is 0 Å². The Morgan fingerprint density at radius 3 is 2.86 bits per heavy atom. The summed E-state index contributed by atoms with van der Waals surface area (Å²) in [7, 11) is -3.70. The van der Waals surface area contributed by atoms with Crippen molar-refractivity contribution in [1.29, 1.82) is 0 Å². The maximum absolute atomic E-state index is 13.8. The number of benzene rings is 1. The summed E-state index contributed by atoms with van der Waals surface area (Å²) >= 11 is 1.26. The van der Waals surface area contributed by atoms with Crippen LogP contribution in [0, 0.1) is 0 Å². The summed E-state index contributed by atoms with van der Waals surface area (Å²) in [5.74, 6) is 1.31. The number of morpholine rings is 1. The highest BCUT2D eigenvalue weighted by molar-refractivity contribution is 7.91. The van der Waals surface area contributed by atoms with Crippen LogP contribution in [-0.4, -0.2) is 78.4 Å². The Labute approximate surface area is 213 Å². The van der Waals surface area contributed by atoms with E-state index in [9.17, 15) is 8.42 Å². The molecule has 0 radical (unpaired) electrons. The number of H-pyrrole nitrogens is 1. The van der Waals surface area contributed by atoms with Gasteiger partial charge in [0.05, 0.1) is 41.3 Å². The lowest BCUT2D eigenvalue weighted by Crippen LogP contribution is -2.50. The van der Waals surface area contributed by atoms with Crippen molar-refractivity contribution in [1.82, 2.24) is 29.8 Å². The van der Waals surface area contributed by atoms with Crippen molar-refractivity contribution in [2.24, 2.45) is 0 Å². The number of aromatic nitrogens is 4. The molecule has 36 heavy (non-hydrogen) atoms. The number of ether oxygens (including phenoxy) is 1. The van der Waals surface area contributed by atoms with Gasteiger partial charge in [-0.1, -0.05) is 19.1 Å². The third-order valence-electron chi connectivity index (χ3n) is 6.87. The lowest BCUT2D eigenvalue weighted by molar-refractivity contribution is 0.122. The summed E-state index contributed by atoms with van der Waals surface area (Å²) in [6.07, 6.45) is 4.49. The lowest BCUT2D eigenvalue weighted by atomic mass is 10.1. The number of rotatable bonds is 6. The molecule has 2 N–H and O–H groups in total. The first-order valence-corrected chi connectivity index (χ1v) is 14.6. The molecule has 3 aromatic heterocycles. The highest BCUT2D eigenvalue weighted by Gasteiger charge is 2.33. The molecule has 2 saturated heterocycles. The molecule has 2 aliphatic heterocycles. The second kappa shape index (κ2) is 9.67. The average molecular weight is 528 g/mol. The molecule has 1 unspecified atom stereocenters. The first-order chi connectivity index (χ1) is 17.6. The van der Waals surface area contributed by atoms with Gasteiger partial charge in [0.1, 0.15) is 4.21 Å². The topological polar surface area (TPSA) is 116 Å². The van der Waals surface area contributed by atoms with Crippen LogP contribution < -0.4 is 10.2 Å². The van der Waals surface area contributed by atoms with E-state index in [0.717, 1.165) is 52.8 Å². The number of anilines is 1. The van der Waals surface area contributed by atoms with E-state index in [1.165, 1.54) is 11.3 Å². The van der Waals surface area contributed by atoms with Crippen molar-refractivity contribution in [3.8, 4) is 11.4 Å². The van der Waals surface area contributed by atoms with Crippen LogP contribution in [-0.2, 0) is 14.8 Å².